The van der Waals surface area contributed by atoms with Gasteiger partial charge in [-0.15, -0.1) is 0 Å². The summed E-state index contributed by atoms with van der Waals surface area (Å²) in [5.41, 5.74) is 1.07. The smallest absolute Gasteiger partial charge is 0.274 e. The van der Waals surface area contributed by atoms with Gasteiger partial charge in [-0.1, -0.05) is 0 Å². The van der Waals surface area contributed by atoms with E-state index in [1.165, 1.54) is 0 Å². The second kappa shape index (κ2) is 6.60. The van der Waals surface area contributed by atoms with Crippen LogP contribution in [-0.2, 0) is 0 Å². The molecule has 2 rings (SSSR count). The zero-order valence-electron chi connectivity index (χ0n) is 11.4. The second-order valence-electron chi connectivity index (χ2n) is 4.32. The number of amides is 1. The number of benzene rings is 2. The van der Waals surface area contributed by atoms with E-state index in [1.54, 1.807) is 0 Å². The quantitative estimate of drug-likeness (QED) is 0.512. The van der Waals surface area contributed by atoms with Crippen molar-refractivity contribution in [3.63, 3.8) is 0 Å². The van der Waals surface area contributed by atoms with Gasteiger partial charge in [0.05, 0.1) is 16.7 Å². The first-order valence-electron chi connectivity index (χ1n) is 6.14. The van der Waals surface area contributed by atoms with Crippen LogP contribution in [0.25, 0.3) is 0 Å². The van der Waals surface area contributed by atoms with Gasteiger partial charge in [0, 0.05) is 17.7 Å². The Morgan fingerprint density at radius 2 is 2.00 bits per heavy atom. The van der Waals surface area contributed by atoms with Crippen LogP contribution in [0.3, 0.4) is 0 Å². The molecule has 0 heterocycles. The number of nitrogens with one attached hydrogen (secondary N) is 1. The highest BCUT2D eigenvalue weighted by Gasteiger charge is 2.12. The molecule has 0 aliphatic carbocycles. The Balaban J connectivity index is 2.15. The highest BCUT2D eigenvalue weighted by atomic mass is 19.1. The van der Waals surface area contributed by atoms with E-state index in [4.69, 9.17) is 0 Å². The van der Waals surface area contributed by atoms with E-state index >= 15 is 0 Å². The molecule has 0 unspecified atom stereocenters. The fraction of sp³-hybridized carbons (Fsp3) is 0. The number of nitrogens with zero attached hydrogens (tertiary/aromatic N) is 2. The van der Waals surface area contributed by atoms with Gasteiger partial charge in [0.1, 0.15) is 17.4 Å². The molecule has 2 N–H and O–H groups in total. The minimum Gasteiger partial charge on any atom is -0.507 e. The van der Waals surface area contributed by atoms with Gasteiger partial charge < -0.3 is 5.11 Å². The Morgan fingerprint density at radius 1 is 1.26 bits per heavy atom. The van der Waals surface area contributed by atoms with Crippen LogP contribution >= 0.6 is 0 Å². The lowest BCUT2D eigenvalue weighted by Crippen LogP contribution is -2.19. The molecule has 2 aromatic carbocycles. The summed E-state index contributed by atoms with van der Waals surface area (Å²) in [6.07, 6.45) is 0.942. The first-order chi connectivity index (χ1) is 10.9. The average Bonchev–Trinajstić information content (AvgIpc) is 2.51. The van der Waals surface area contributed by atoms with E-state index in [1.807, 2.05) is 5.43 Å². The second-order valence-corrected chi connectivity index (χ2v) is 4.32. The third-order valence-electron chi connectivity index (χ3n) is 2.76. The lowest BCUT2D eigenvalue weighted by Gasteiger charge is -2.02. The molecule has 0 radical (unpaired) electrons. The van der Waals surface area contributed by atoms with E-state index in [0.29, 0.717) is 6.07 Å². The summed E-state index contributed by atoms with van der Waals surface area (Å²) in [5.74, 6) is -3.04. The number of carbonyl (C=O) groups is 1. The number of non-ortho nitro benzene ring substituents is 1. The van der Waals surface area contributed by atoms with Crippen molar-refractivity contribution in [2.45, 2.75) is 0 Å². The Labute approximate surface area is 128 Å². The van der Waals surface area contributed by atoms with Crippen molar-refractivity contribution < 1.29 is 23.6 Å². The lowest BCUT2D eigenvalue weighted by atomic mass is 10.2. The molecule has 0 bridgehead atoms. The number of phenolic OH excluding ortho intramolecular Hbond substituents is 1. The molecule has 7 nitrogen and oxygen atoms in total. The van der Waals surface area contributed by atoms with Crippen molar-refractivity contribution in [3.05, 3.63) is 69.3 Å². The van der Waals surface area contributed by atoms with Gasteiger partial charge in [-0.25, -0.2) is 14.2 Å². The number of hydrogen-bond acceptors (Lipinski definition) is 5. The summed E-state index contributed by atoms with van der Waals surface area (Å²) in [6, 6.07) is 5.57. The summed E-state index contributed by atoms with van der Waals surface area (Å²) in [6.45, 7) is 0. The van der Waals surface area contributed by atoms with Crippen molar-refractivity contribution in [3.8, 4) is 5.75 Å². The largest absolute Gasteiger partial charge is 0.507 e. The van der Waals surface area contributed by atoms with Crippen LogP contribution in [0.4, 0.5) is 14.5 Å². The number of hydrazone groups is 1. The van der Waals surface area contributed by atoms with Gasteiger partial charge in [-0.05, 0) is 24.3 Å². The molecule has 0 saturated heterocycles. The number of nitro groups is 1. The molecule has 0 aliphatic heterocycles. The normalized spacial score (nSPS) is 10.7. The number of hydrogen-bond donors (Lipinski definition) is 2. The van der Waals surface area contributed by atoms with E-state index in [-0.39, 0.29) is 17.0 Å². The molecule has 0 atom stereocenters. The molecular formula is C14H9F2N3O4. The van der Waals surface area contributed by atoms with Crippen molar-refractivity contribution >= 4 is 17.8 Å². The maximum atomic E-state index is 13.4. The summed E-state index contributed by atoms with van der Waals surface area (Å²) >= 11 is 0. The molecule has 0 fully saturated rings. The molecule has 1 amide bonds. The summed E-state index contributed by atoms with van der Waals surface area (Å²) in [5, 5.41) is 23.6. The van der Waals surface area contributed by atoms with E-state index in [9.17, 15) is 28.8 Å². The maximum Gasteiger partial charge on any atom is 0.274 e. The number of nitro benzene ring substituents is 1. The predicted molar refractivity (Wildman–Crippen MR) is 76.2 cm³/mol. The maximum absolute atomic E-state index is 13.4. The topological polar surface area (TPSA) is 105 Å². The Bertz CT molecular complexity index is 809. The van der Waals surface area contributed by atoms with Gasteiger partial charge in [-0.3, -0.25) is 14.9 Å². The first kappa shape index (κ1) is 16.0. The highest BCUT2D eigenvalue weighted by molar-refractivity contribution is 5.95. The average molecular weight is 321 g/mol. The number of carbonyl (C=O) groups excluding carboxylic acids is 1. The number of aromatic hydroxyl groups is 1. The van der Waals surface area contributed by atoms with Crippen LogP contribution in [0.15, 0.2) is 41.5 Å². The summed E-state index contributed by atoms with van der Waals surface area (Å²) in [7, 11) is 0. The standard InChI is InChI=1S/C14H9F2N3O4/c15-9-1-3-12(16)11(6-9)14(21)18-17-7-8-5-10(19(22)23)2-4-13(8)20/h1-7,20H,(H,18,21)/b17-7+. The molecule has 118 valence electrons. The van der Waals surface area contributed by atoms with E-state index in [2.05, 4.69) is 5.10 Å². The monoisotopic (exact) mass is 321 g/mol. The van der Waals surface area contributed by atoms with Gasteiger partial charge in [0.2, 0.25) is 0 Å². The Kier molecular flexibility index (Phi) is 4.60. The summed E-state index contributed by atoms with van der Waals surface area (Å²) < 4.78 is 26.4. The van der Waals surface area contributed by atoms with Crippen LogP contribution in [0, 0.1) is 21.7 Å². The van der Waals surface area contributed by atoms with E-state index in [0.717, 1.165) is 36.5 Å². The van der Waals surface area contributed by atoms with Crippen molar-refractivity contribution in [2.75, 3.05) is 0 Å². The SMILES string of the molecule is O=C(N/N=C/c1cc([N+](=O)[O-])ccc1O)c1cc(F)ccc1F. The van der Waals surface area contributed by atoms with Crippen molar-refractivity contribution in [2.24, 2.45) is 5.10 Å². The Hall–Kier alpha value is -3.36. The first-order valence-corrected chi connectivity index (χ1v) is 6.14. The molecular weight excluding hydrogens is 312 g/mol. The number of phenols is 1. The third kappa shape index (κ3) is 3.84. The highest BCUT2D eigenvalue weighted by Crippen LogP contribution is 2.21. The lowest BCUT2D eigenvalue weighted by molar-refractivity contribution is -0.384. The van der Waals surface area contributed by atoms with Crippen LogP contribution in [-0.4, -0.2) is 22.2 Å². The van der Waals surface area contributed by atoms with Crippen LogP contribution < -0.4 is 5.43 Å². The van der Waals surface area contributed by atoms with Crippen molar-refractivity contribution in [1.82, 2.24) is 5.43 Å². The van der Waals surface area contributed by atoms with Gasteiger partial charge >= 0.3 is 0 Å². The zero-order chi connectivity index (χ0) is 17.0. The third-order valence-corrected chi connectivity index (χ3v) is 2.76. The molecule has 2 aromatic rings. The molecule has 0 aliphatic rings. The zero-order valence-corrected chi connectivity index (χ0v) is 11.4. The van der Waals surface area contributed by atoms with Gasteiger partial charge in [0.25, 0.3) is 11.6 Å². The van der Waals surface area contributed by atoms with E-state index < -0.39 is 28.0 Å². The minimum absolute atomic E-state index is 0.0285. The fourth-order valence-electron chi connectivity index (χ4n) is 1.65. The predicted octanol–water partition coefficient (Wildman–Crippen LogP) is 2.34. The van der Waals surface area contributed by atoms with Crippen LogP contribution in [0.5, 0.6) is 5.75 Å². The molecule has 0 saturated carbocycles. The summed E-state index contributed by atoms with van der Waals surface area (Å²) in [4.78, 5) is 21.6. The van der Waals surface area contributed by atoms with Gasteiger partial charge in [-0.2, -0.15) is 5.10 Å². The Morgan fingerprint density at radius 3 is 2.70 bits per heavy atom. The number of halogens is 2. The van der Waals surface area contributed by atoms with Gasteiger partial charge in [0.15, 0.2) is 0 Å². The molecule has 0 spiro atoms. The number of rotatable bonds is 4. The fourth-order valence-corrected chi connectivity index (χ4v) is 1.65. The van der Waals surface area contributed by atoms with Crippen LogP contribution in [0.2, 0.25) is 0 Å². The molecule has 9 heteroatoms. The molecule has 0 aromatic heterocycles. The molecule has 23 heavy (non-hydrogen) atoms. The van der Waals surface area contributed by atoms with Crippen molar-refractivity contribution in [1.29, 1.82) is 0 Å². The van der Waals surface area contributed by atoms with Crippen LogP contribution in [0.1, 0.15) is 15.9 Å². The minimum atomic E-state index is -1.01.